The molecule has 3 amide bonds. The number of hydrogen-bond acceptors (Lipinski definition) is 8. The predicted octanol–water partition coefficient (Wildman–Crippen LogP) is 6.03. The highest BCUT2D eigenvalue weighted by atomic mass is 19.4. The van der Waals surface area contributed by atoms with E-state index < -0.39 is 59.5 Å². The molecular weight excluding hydrogens is 704 g/mol. The number of nitrogens with zero attached hydrogens (tertiary/aromatic N) is 2. The van der Waals surface area contributed by atoms with Crippen LogP contribution in [0.3, 0.4) is 0 Å². The minimum absolute atomic E-state index is 0.0233. The number of ether oxygens (including phenoxy) is 1. The Hall–Kier alpha value is -4.57. The average molecular weight is 751 g/mol. The number of benzene rings is 2. The van der Waals surface area contributed by atoms with Crippen LogP contribution in [-0.4, -0.2) is 53.4 Å². The van der Waals surface area contributed by atoms with Crippen molar-refractivity contribution in [3.05, 3.63) is 82.0 Å². The lowest BCUT2D eigenvalue weighted by Crippen LogP contribution is -2.63. The quantitative estimate of drug-likeness (QED) is 0.184. The number of para-hydroxylation sites is 2. The van der Waals surface area contributed by atoms with Crippen molar-refractivity contribution in [2.24, 2.45) is 17.3 Å². The zero-order valence-corrected chi connectivity index (χ0v) is 31.2. The molecule has 54 heavy (non-hydrogen) atoms. The van der Waals surface area contributed by atoms with Crippen LogP contribution in [-0.2, 0) is 32.4 Å². The van der Waals surface area contributed by atoms with Crippen molar-refractivity contribution in [3.8, 4) is 5.75 Å². The number of carbonyl (C=O) groups excluding carboxylic acids is 2. The number of amides is 3. The van der Waals surface area contributed by atoms with E-state index in [0.717, 1.165) is 25.0 Å². The topological polar surface area (TPSA) is 145 Å². The zero-order valence-electron chi connectivity index (χ0n) is 31.2. The third-order valence-electron chi connectivity index (χ3n) is 12.1. The van der Waals surface area contributed by atoms with Gasteiger partial charge in [-0.2, -0.15) is 13.2 Å². The van der Waals surface area contributed by atoms with Crippen LogP contribution >= 0.6 is 0 Å². The van der Waals surface area contributed by atoms with Gasteiger partial charge in [-0.15, -0.1) is 0 Å². The van der Waals surface area contributed by atoms with Gasteiger partial charge in [-0.05, 0) is 80.2 Å². The summed E-state index contributed by atoms with van der Waals surface area (Å²) >= 11 is 0. The number of anilines is 2. The van der Waals surface area contributed by atoms with Crippen LogP contribution in [0.5, 0.6) is 5.75 Å². The van der Waals surface area contributed by atoms with Gasteiger partial charge in [-0.25, -0.2) is 9.78 Å². The van der Waals surface area contributed by atoms with E-state index in [1.54, 1.807) is 31.2 Å². The summed E-state index contributed by atoms with van der Waals surface area (Å²) < 4.78 is 59.9. The van der Waals surface area contributed by atoms with Gasteiger partial charge in [0.1, 0.15) is 23.3 Å². The number of aromatic nitrogens is 2. The zero-order chi connectivity index (χ0) is 38.8. The van der Waals surface area contributed by atoms with Crippen LogP contribution in [0.15, 0.2) is 59.5 Å². The molecule has 2 bridgehead atoms. The van der Waals surface area contributed by atoms with E-state index >= 15 is 0 Å². The van der Waals surface area contributed by atoms with Crippen molar-refractivity contribution in [1.82, 2.24) is 20.2 Å². The predicted molar refractivity (Wildman–Crippen MR) is 196 cm³/mol. The van der Waals surface area contributed by atoms with Crippen molar-refractivity contribution < 1.29 is 36.8 Å². The van der Waals surface area contributed by atoms with Gasteiger partial charge in [-0.1, -0.05) is 45.0 Å². The van der Waals surface area contributed by atoms with Crippen LogP contribution in [0.2, 0.25) is 0 Å². The Bertz CT molecular complexity index is 2010. The fraction of sp³-hybridized carbons (Fsp3) is 0.526. The second-order valence-corrected chi connectivity index (χ2v) is 16.0. The first kappa shape index (κ1) is 37.7. The largest absolute Gasteiger partial charge is 0.495 e. The average Bonchev–Trinajstić information content (AvgIpc) is 3.64. The molecule has 1 aromatic heterocycles. The monoisotopic (exact) mass is 750 g/mol. The molecule has 16 heteroatoms. The molecule has 2 unspecified atom stereocenters. The fourth-order valence-corrected chi connectivity index (χ4v) is 8.94. The first-order valence-corrected chi connectivity index (χ1v) is 18.4. The van der Waals surface area contributed by atoms with Crippen LogP contribution in [0.4, 0.5) is 29.3 Å². The summed E-state index contributed by atoms with van der Waals surface area (Å²) in [6, 6.07) is 9.90. The SMILES string of the molecule is CC[C@H](NC(=O)[C@@H]1C[C@@](C)(NC(=O)Nc2ccccc2OC)c2ncc(NCc3cccc(C(F)(F)F)c3)c(=O)n21)B1O[C@@H]2C3CC(C[C@]2(C)O1)C3(C)C. The Labute approximate surface area is 312 Å². The number of hydrogen-bond donors (Lipinski definition) is 4. The molecule has 3 aromatic rings. The summed E-state index contributed by atoms with van der Waals surface area (Å²) in [6.45, 7) is 10.1. The summed E-state index contributed by atoms with van der Waals surface area (Å²) in [7, 11) is 0.782. The number of fused-ring (bicyclic) bond motifs is 1. The molecule has 0 radical (unpaired) electrons. The number of methoxy groups -OCH3 is 1. The Morgan fingerprint density at radius 2 is 1.85 bits per heavy atom. The summed E-state index contributed by atoms with van der Waals surface area (Å²) in [6.07, 6.45) is -0.954. The lowest BCUT2D eigenvalue weighted by molar-refractivity contribution is -0.185. The second-order valence-electron chi connectivity index (χ2n) is 16.0. The minimum atomic E-state index is -4.53. The molecule has 5 aliphatic rings. The van der Waals surface area contributed by atoms with Crippen molar-refractivity contribution in [1.29, 1.82) is 0 Å². The van der Waals surface area contributed by atoms with Gasteiger partial charge in [0.2, 0.25) is 5.91 Å². The van der Waals surface area contributed by atoms with E-state index in [2.05, 4.69) is 47.0 Å². The summed E-state index contributed by atoms with van der Waals surface area (Å²) in [5.74, 6) is 0.426. The molecule has 12 nitrogen and oxygen atoms in total. The van der Waals surface area contributed by atoms with E-state index in [1.807, 2.05) is 6.92 Å². The van der Waals surface area contributed by atoms with Crippen molar-refractivity contribution >= 4 is 30.4 Å². The first-order chi connectivity index (χ1) is 25.5. The van der Waals surface area contributed by atoms with Gasteiger partial charge in [0.25, 0.3) is 5.56 Å². The lowest BCUT2D eigenvalue weighted by atomic mass is 9.45. The van der Waals surface area contributed by atoms with E-state index in [1.165, 1.54) is 30.0 Å². The van der Waals surface area contributed by atoms with Crippen molar-refractivity contribution in [2.45, 2.75) is 102 Å². The molecule has 1 saturated heterocycles. The highest BCUT2D eigenvalue weighted by Gasteiger charge is 2.67. The maximum atomic E-state index is 14.3. The normalized spacial score (nSPS) is 28.3. The van der Waals surface area contributed by atoms with Crippen LogP contribution in [0.1, 0.15) is 83.3 Å². The Kier molecular flexibility index (Phi) is 9.52. The molecule has 8 rings (SSSR count). The number of alkyl halides is 3. The van der Waals surface area contributed by atoms with Crippen LogP contribution in [0.25, 0.3) is 0 Å². The molecule has 3 saturated carbocycles. The number of rotatable bonds is 10. The van der Waals surface area contributed by atoms with Gasteiger partial charge < -0.3 is 35.3 Å². The maximum absolute atomic E-state index is 14.3. The summed E-state index contributed by atoms with van der Waals surface area (Å²) in [5, 5.41) is 11.7. The number of carbonyl (C=O) groups is 2. The van der Waals surface area contributed by atoms with Gasteiger partial charge in [0.05, 0.1) is 47.7 Å². The number of halogens is 3. The molecule has 2 aliphatic heterocycles. The summed E-state index contributed by atoms with van der Waals surface area (Å²) in [4.78, 5) is 46.5. The van der Waals surface area contributed by atoms with E-state index in [9.17, 15) is 27.6 Å². The molecule has 4 fully saturated rings. The Morgan fingerprint density at radius 3 is 2.56 bits per heavy atom. The highest BCUT2D eigenvalue weighted by Crippen LogP contribution is 2.64. The third-order valence-corrected chi connectivity index (χ3v) is 12.1. The van der Waals surface area contributed by atoms with E-state index in [4.69, 9.17) is 14.0 Å². The molecule has 0 spiro atoms. The fourth-order valence-electron chi connectivity index (χ4n) is 8.94. The Balaban J connectivity index is 1.15. The number of nitrogens with one attached hydrogen (secondary N) is 4. The van der Waals surface area contributed by atoms with Crippen LogP contribution < -0.4 is 31.6 Å². The van der Waals surface area contributed by atoms with Gasteiger partial charge in [-0.3, -0.25) is 14.2 Å². The first-order valence-electron chi connectivity index (χ1n) is 18.4. The van der Waals surface area contributed by atoms with Gasteiger partial charge in [0.15, 0.2) is 0 Å². The summed E-state index contributed by atoms with van der Waals surface area (Å²) in [5.41, 5.74) is -2.38. The molecule has 3 heterocycles. The van der Waals surface area contributed by atoms with Crippen molar-refractivity contribution in [2.75, 3.05) is 17.7 Å². The van der Waals surface area contributed by atoms with E-state index in [-0.39, 0.29) is 36.0 Å². The molecule has 7 atom stereocenters. The Morgan fingerprint density at radius 1 is 1.09 bits per heavy atom. The molecule has 2 aromatic carbocycles. The lowest BCUT2D eigenvalue weighted by Gasteiger charge is -2.63. The third kappa shape index (κ3) is 6.61. The molecular formula is C38H46BF3N6O6. The smallest absolute Gasteiger partial charge is 0.481 e. The van der Waals surface area contributed by atoms with Gasteiger partial charge >= 0.3 is 19.3 Å². The van der Waals surface area contributed by atoms with Crippen molar-refractivity contribution in [3.63, 3.8) is 0 Å². The molecule has 3 aliphatic carbocycles. The standard InChI is InChI=1S/C38H46BF3N6O6/c1-7-29(39-53-30-24-16-23(35(24,2)3)17-37(30,5)54-39)46-31(49)27-18-36(4,47-34(51)45-25-13-8-9-14-28(25)52-6)33-44-20-26(32(50)48(27)33)43-19-21-11-10-12-22(15-21)38(40,41)42/h8-15,20,23-24,27,29-30,43H,7,16-19H2,1-6H3,(H,46,49)(H2,45,47,51)/t23?,24?,27-,29-,30+,36+,37-/m0/s1. The number of urea groups is 1. The van der Waals surface area contributed by atoms with E-state index in [0.29, 0.717) is 35.3 Å². The maximum Gasteiger partial charge on any atom is 0.481 e. The molecule has 288 valence electrons. The van der Waals surface area contributed by atoms with Crippen LogP contribution in [0, 0.1) is 17.3 Å². The minimum Gasteiger partial charge on any atom is -0.495 e. The highest BCUT2D eigenvalue weighted by molar-refractivity contribution is 6.47. The second kappa shape index (κ2) is 13.6. The molecule has 4 N–H and O–H groups in total. The van der Waals surface area contributed by atoms with Gasteiger partial charge in [0, 0.05) is 13.0 Å².